The second-order valence-corrected chi connectivity index (χ2v) is 27.6. The average Bonchev–Trinajstić information content (AvgIpc) is 1.66. The molecule has 104 valence electrons. The van der Waals surface area contributed by atoms with E-state index in [9.17, 15) is 0 Å². The molecule has 1 atom stereocenters. The summed E-state index contributed by atoms with van der Waals surface area (Å²) >= 11 is 6.93. The molecule has 0 aliphatic carbocycles. The lowest BCUT2D eigenvalue weighted by Gasteiger charge is -2.48. The molecule has 0 N–H and O–H groups in total. The Morgan fingerprint density at radius 3 is 1.29 bits per heavy atom. The summed E-state index contributed by atoms with van der Waals surface area (Å²) in [5.41, 5.74) is 0. The van der Waals surface area contributed by atoms with E-state index in [1.54, 1.807) is 0 Å². The first kappa shape index (κ1) is 18.1. The highest BCUT2D eigenvalue weighted by atomic mass is 35.7. The maximum Gasteiger partial charge on any atom is 0.173 e. The summed E-state index contributed by atoms with van der Waals surface area (Å²) in [6.45, 7) is 21.6. The highest BCUT2D eigenvalue weighted by molar-refractivity contribution is 7.91. The van der Waals surface area contributed by atoms with Crippen LogP contribution in [0.4, 0.5) is 0 Å². The molecule has 0 aromatic heterocycles. The van der Waals surface area contributed by atoms with Gasteiger partial charge in [-0.2, -0.15) is 0 Å². The van der Waals surface area contributed by atoms with Gasteiger partial charge in [0.1, 0.15) is 16.5 Å². The second-order valence-electron chi connectivity index (χ2n) is 7.73. The minimum atomic E-state index is -1.80. The standard InChI is InChI=1S/C10H30ClN2PSi3/c1-14(11,12-15(2,3)4)13(16(5,6)7)17(8,9)10/h1-10H3. The van der Waals surface area contributed by atoms with Crippen LogP contribution in [0.25, 0.3) is 0 Å². The number of hydrogen-bond donors (Lipinski definition) is 0. The Hall–Kier alpha value is 1.13. The third-order valence-corrected chi connectivity index (χ3v) is 21.1. The van der Waals surface area contributed by atoms with E-state index in [4.69, 9.17) is 15.7 Å². The van der Waals surface area contributed by atoms with Crippen molar-refractivity contribution in [3.05, 3.63) is 0 Å². The zero-order chi connectivity index (χ0) is 14.3. The van der Waals surface area contributed by atoms with Crippen molar-refractivity contribution in [2.75, 3.05) is 6.66 Å². The molecule has 0 amide bonds. The van der Waals surface area contributed by atoms with Gasteiger partial charge in [0, 0.05) is 0 Å². The van der Waals surface area contributed by atoms with E-state index in [1.165, 1.54) is 0 Å². The van der Waals surface area contributed by atoms with Gasteiger partial charge in [-0.1, -0.05) is 50.5 Å². The quantitative estimate of drug-likeness (QED) is 0.478. The van der Waals surface area contributed by atoms with Crippen LogP contribution in [-0.2, 0) is 0 Å². The van der Waals surface area contributed by atoms with Crippen molar-refractivity contribution < 1.29 is 0 Å². The van der Waals surface area contributed by atoms with Crippen LogP contribution in [0.15, 0.2) is 4.41 Å². The van der Waals surface area contributed by atoms with Crippen LogP contribution in [0.3, 0.4) is 0 Å². The Morgan fingerprint density at radius 1 is 0.824 bits per heavy atom. The third kappa shape index (κ3) is 6.21. The highest BCUT2D eigenvalue weighted by Crippen LogP contribution is 2.60. The van der Waals surface area contributed by atoms with Crippen molar-refractivity contribution in [1.82, 2.24) is 4.00 Å². The van der Waals surface area contributed by atoms with Gasteiger partial charge in [0.25, 0.3) is 0 Å². The molecule has 17 heavy (non-hydrogen) atoms. The molecule has 0 rings (SSSR count). The Bertz CT molecular complexity index is 306. The number of nitrogens with zero attached hydrogens (tertiary/aromatic N) is 2. The van der Waals surface area contributed by atoms with Crippen molar-refractivity contribution in [3.8, 4) is 0 Å². The fourth-order valence-electron chi connectivity index (χ4n) is 2.69. The molecule has 7 heteroatoms. The molecule has 0 heterocycles. The molecule has 0 aliphatic rings. The van der Waals surface area contributed by atoms with Gasteiger partial charge in [0.15, 0.2) is 8.24 Å². The fraction of sp³-hybridized carbons (Fsp3) is 1.00. The molecule has 0 bridgehead atoms. The van der Waals surface area contributed by atoms with E-state index < -0.39 is 31.3 Å². The van der Waals surface area contributed by atoms with Crippen molar-refractivity contribution >= 4 is 42.5 Å². The number of rotatable bonds is 4. The first-order valence-electron chi connectivity index (χ1n) is 6.19. The van der Waals surface area contributed by atoms with Crippen LogP contribution in [0.1, 0.15) is 0 Å². The lowest BCUT2D eigenvalue weighted by molar-refractivity contribution is 0.973. The zero-order valence-corrected chi connectivity index (χ0v) is 17.9. The fourth-order valence-corrected chi connectivity index (χ4v) is 31.2. The lowest BCUT2D eigenvalue weighted by atomic mass is 11.8. The van der Waals surface area contributed by atoms with Crippen LogP contribution >= 0.6 is 17.8 Å². The monoisotopic (exact) mass is 328 g/mol. The Balaban J connectivity index is 5.74. The molecule has 0 fully saturated rings. The van der Waals surface area contributed by atoms with Crippen molar-refractivity contribution in [1.29, 1.82) is 0 Å². The van der Waals surface area contributed by atoms with E-state index in [2.05, 4.69) is 69.6 Å². The smallest absolute Gasteiger partial charge is 0.173 e. The van der Waals surface area contributed by atoms with Crippen molar-refractivity contribution in [3.63, 3.8) is 0 Å². The maximum atomic E-state index is 6.93. The maximum absolute atomic E-state index is 6.93. The van der Waals surface area contributed by atoms with Gasteiger partial charge < -0.3 is 8.41 Å². The molecule has 0 aromatic rings. The highest BCUT2D eigenvalue weighted by Gasteiger charge is 2.41. The Labute approximate surface area is 116 Å². The molecule has 1 unspecified atom stereocenters. The van der Waals surface area contributed by atoms with Gasteiger partial charge >= 0.3 is 0 Å². The zero-order valence-electron chi connectivity index (χ0n) is 13.2. The SMILES string of the molecule is C[Si](C)(C)N=P(C)(Cl)N([Si](C)(C)C)[Si](C)(C)C. The summed E-state index contributed by atoms with van der Waals surface area (Å²) < 4.78 is 7.77. The molecule has 0 saturated heterocycles. The Morgan fingerprint density at radius 2 is 1.12 bits per heavy atom. The van der Waals surface area contributed by atoms with Crippen LogP contribution in [0.5, 0.6) is 0 Å². The van der Waals surface area contributed by atoms with Crippen LogP contribution in [0.2, 0.25) is 58.9 Å². The van der Waals surface area contributed by atoms with E-state index in [1.807, 2.05) is 0 Å². The summed E-state index contributed by atoms with van der Waals surface area (Å²) in [6, 6.07) is 0. The minimum absolute atomic E-state index is 1.42. The van der Waals surface area contributed by atoms with E-state index in [-0.39, 0.29) is 0 Å². The van der Waals surface area contributed by atoms with E-state index >= 15 is 0 Å². The molecule has 2 nitrogen and oxygen atoms in total. The molecule has 0 saturated carbocycles. The molecule has 0 spiro atoms. The topological polar surface area (TPSA) is 15.6 Å². The number of hydrogen-bond acceptors (Lipinski definition) is 1. The summed E-state index contributed by atoms with van der Waals surface area (Å²) in [7, 11) is -4.30. The van der Waals surface area contributed by atoms with Gasteiger partial charge in [0.2, 0.25) is 0 Å². The minimum Gasteiger partial charge on any atom is -0.313 e. The summed E-state index contributed by atoms with van der Waals surface area (Å²) in [6.07, 6.45) is 0. The molecule has 0 radical (unpaired) electrons. The Kier molecular flexibility index (Phi) is 5.60. The van der Waals surface area contributed by atoms with Crippen LogP contribution in [-0.4, -0.2) is 35.4 Å². The van der Waals surface area contributed by atoms with Gasteiger partial charge in [-0.15, -0.1) is 0 Å². The first-order chi connectivity index (χ1) is 7.07. The van der Waals surface area contributed by atoms with Gasteiger partial charge in [-0.3, -0.25) is 0 Å². The molecular formula is C10H30ClN2PSi3. The summed E-state index contributed by atoms with van der Waals surface area (Å²) in [5, 5.41) is 0. The average molecular weight is 329 g/mol. The number of halogens is 1. The van der Waals surface area contributed by atoms with Crippen LogP contribution in [0, 0.1) is 0 Å². The summed E-state index contributed by atoms with van der Waals surface area (Å²) in [5.74, 6) is 0. The van der Waals surface area contributed by atoms with Gasteiger partial charge in [0.05, 0.1) is 6.56 Å². The predicted molar refractivity (Wildman–Crippen MR) is 93.0 cm³/mol. The van der Waals surface area contributed by atoms with Crippen LogP contribution < -0.4 is 0 Å². The lowest BCUT2D eigenvalue weighted by Crippen LogP contribution is -2.56. The molecule has 0 aromatic carbocycles. The summed E-state index contributed by atoms with van der Waals surface area (Å²) in [4.78, 5) is 0. The second kappa shape index (κ2) is 5.25. The van der Waals surface area contributed by atoms with E-state index in [0.29, 0.717) is 0 Å². The van der Waals surface area contributed by atoms with Gasteiger partial charge in [-0.25, -0.2) is 0 Å². The largest absolute Gasteiger partial charge is 0.313 e. The molecule has 0 aliphatic heterocycles. The van der Waals surface area contributed by atoms with Crippen molar-refractivity contribution in [2.24, 2.45) is 4.41 Å². The third-order valence-electron chi connectivity index (χ3n) is 2.12. The van der Waals surface area contributed by atoms with Crippen molar-refractivity contribution in [2.45, 2.75) is 58.9 Å². The normalized spacial score (nSPS) is 18.1. The van der Waals surface area contributed by atoms with E-state index in [0.717, 1.165) is 0 Å². The predicted octanol–water partition coefficient (Wildman–Crippen LogP) is 5.69. The molecular weight excluding hydrogens is 299 g/mol. The first-order valence-corrected chi connectivity index (χ1v) is 19.6. The van der Waals surface area contributed by atoms with Gasteiger partial charge in [-0.05, 0) is 26.3 Å².